The quantitative estimate of drug-likeness (QED) is 0.684. The van der Waals surface area contributed by atoms with Crippen LogP contribution in [-0.4, -0.2) is 24.5 Å². The largest absolute Gasteiger partial charge is 0.455 e. The first kappa shape index (κ1) is 19.2. The van der Waals surface area contributed by atoms with E-state index in [-0.39, 0.29) is 25.0 Å². The summed E-state index contributed by atoms with van der Waals surface area (Å²) < 4.78 is 5.99. The molecule has 2 rings (SSSR count). The molecule has 0 saturated heterocycles. The fourth-order valence-electron chi connectivity index (χ4n) is 2.38. The van der Waals surface area contributed by atoms with E-state index in [1.54, 1.807) is 0 Å². The Balaban J connectivity index is 1.65. The number of carbonyl (C=O) groups excluding carboxylic acids is 2. The van der Waals surface area contributed by atoms with Gasteiger partial charge in [0.2, 0.25) is 0 Å². The number of carbonyl (C=O) groups is 2. The highest BCUT2D eigenvalue weighted by molar-refractivity contribution is 9.10. The Labute approximate surface area is 156 Å². The van der Waals surface area contributed by atoms with Gasteiger partial charge in [-0.3, -0.25) is 9.59 Å². The Morgan fingerprint density at radius 2 is 1.72 bits per heavy atom. The third-order valence-electron chi connectivity index (χ3n) is 3.74. The molecule has 25 heavy (non-hydrogen) atoms. The van der Waals surface area contributed by atoms with Crippen LogP contribution in [0.3, 0.4) is 0 Å². The molecule has 5 heteroatoms. The molecule has 0 spiro atoms. The van der Waals surface area contributed by atoms with E-state index in [4.69, 9.17) is 4.74 Å². The molecule has 0 radical (unpaired) electrons. The number of rotatable bonds is 8. The van der Waals surface area contributed by atoms with Gasteiger partial charge in [-0.1, -0.05) is 58.4 Å². The van der Waals surface area contributed by atoms with Crippen molar-refractivity contribution in [3.05, 3.63) is 70.2 Å². The first-order valence-corrected chi connectivity index (χ1v) is 9.05. The van der Waals surface area contributed by atoms with E-state index in [9.17, 15) is 9.59 Å². The van der Waals surface area contributed by atoms with E-state index in [1.165, 1.54) is 5.56 Å². The zero-order valence-electron chi connectivity index (χ0n) is 14.2. The molecular weight excluding hydrogens is 382 g/mol. The maximum atomic E-state index is 11.9. The van der Waals surface area contributed by atoms with Crippen molar-refractivity contribution in [2.45, 2.75) is 32.2 Å². The van der Waals surface area contributed by atoms with Gasteiger partial charge in [-0.15, -0.1) is 0 Å². The highest BCUT2D eigenvalue weighted by atomic mass is 79.9. The molecule has 1 atom stereocenters. The summed E-state index contributed by atoms with van der Waals surface area (Å²) in [5, 5.41) is 2.85. The lowest BCUT2D eigenvalue weighted by molar-refractivity contribution is -0.148. The Morgan fingerprint density at radius 3 is 2.40 bits per heavy atom. The number of esters is 1. The minimum absolute atomic E-state index is 0.0258. The van der Waals surface area contributed by atoms with Gasteiger partial charge in [0, 0.05) is 10.5 Å². The Bertz CT molecular complexity index is 686. The first-order chi connectivity index (χ1) is 12.0. The van der Waals surface area contributed by atoms with Crippen LogP contribution >= 0.6 is 15.9 Å². The molecule has 0 aromatic heterocycles. The minimum Gasteiger partial charge on any atom is -0.455 e. The summed E-state index contributed by atoms with van der Waals surface area (Å²) in [5.41, 5.74) is 2.09. The number of halogens is 1. The van der Waals surface area contributed by atoms with Crippen LogP contribution in [0.25, 0.3) is 0 Å². The van der Waals surface area contributed by atoms with Crippen LogP contribution < -0.4 is 5.32 Å². The minimum atomic E-state index is -0.408. The predicted octanol–water partition coefficient (Wildman–Crippen LogP) is 3.67. The topological polar surface area (TPSA) is 55.4 Å². The highest BCUT2D eigenvalue weighted by Gasteiger charge is 2.11. The maximum absolute atomic E-state index is 11.9. The summed E-state index contributed by atoms with van der Waals surface area (Å²) in [6.45, 7) is 1.70. The van der Waals surface area contributed by atoms with Crippen LogP contribution in [-0.2, 0) is 27.2 Å². The average molecular weight is 404 g/mol. The summed E-state index contributed by atoms with van der Waals surface area (Å²) in [7, 11) is 0. The summed E-state index contributed by atoms with van der Waals surface area (Å²) in [6.07, 6.45) is 1.89. The summed E-state index contributed by atoms with van der Waals surface area (Å²) in [5.74, 6) is -0.681. The molecule has 0 aliphatic heterocycles. The number of hydrogen-bond acceptors (Lipinski definition) is 3. The van der Waals surface area contributed by atoms with Crippen molar-refractivity contribution in [1.82, 2.24) is 5.32 Å². The third-order valence-corrected chi connectivity index (χ3v) is 4.27. The van der Waals surface area contributed by atoms with Crippen LogP contribution in [0.1, 0.15) is 24.5 Å². The van der Waals surface area contributed by atoms with E-state index in [1.807, 2.05) is 49.4 Å². The molecule has 0 bridgehead atoms. The molecule has 0 heterocycles. The van der Waals surface area contributed by atoms with Gasteiger partial charge >= 0.3 is 5.97 Å². The molecule has 4 nitrogen and oxygen atoms in total. The van der Waals surface area contributed by atoms with Gasteiger partial charge in [0.1, 0.15) is 0 Å². The predicted molar refractivity (Wildman–Crippen MR) is 101 cm³/mol. The number of ether oxygens (including phenoxy) is 1. The van der Waals surface area contributed by atoms with Crippen molar-refractivity contribution in [1.29, 1.82) is 0 Å². The lowest BCUT2D eigenvalue weighted by atomic mass is 10.1. The lowest BCUT2D eigenvalue weighted by Gasteiger charge is -2.14. The first-order valence-electron chi connectivity index (χ1n) is 8.26. The fourth-order valence-corrected chi connectivity index (χ4v) is 2.65. The van der Waals surface area contributed by atoms with Gasteiger partial charge in [-0.05, 0) is 43.0 Å². The molecule has 2 aromatic rings. The van der Waals surface area contributed by atoms with E-state index >= 15 is 0 Å². The van der Waals surface area contributed by atoms with Crippen LogP contribution in [0, 0.1) is 0 Å². The SMILES string of the molecule is CC(CCc1ccccc1)NC(=O)COC(=O)Cc1ccc(Br)cc1. The number of amides is 1. The van der Waals surface area contributed by atoms with Gasteiger partial charge in [0.05, 0.1) is 6.42 Å². The highest BCUT2D eigenvalue weighted by Crippen LogP contribution is 2.11. The maximum Gasteiger partial charge on any atom is 0.310 e. The van der Waals surface area contributed by atoms with Crippen LogP contribution in [0.2, 0.25) is 0 Å². The molecular formula is C20H22BrNO3. The van der Waals surface area contributed by atoms with Gasteiger partial charge < -0.3 is 10.1 Å². The average Bonchev–Trinajstić information content (AvgIpc) is 2.61. The van der Waals surface area contributed by atoms with Gasteiger partial charge in [-0.2, -0.15) is 0 Å². The molecule has 0 aliphatic rings. The molecule has 2 aromatic carbocycles. The zero-order chi connectivity index (χ0) is 18.1. The van der Waals surface area contributed by atoms with E-state index < -0.39 is 5.97 Å². The Morgan fingerprint density at radius 1 is 1.04 bits per heavy atom. The number of aryl methyl sites for hydroxylation is 1. The van der Waals surface area contributed by atoms with Crippen molar-refractivity contribution >= 4 is 27.8 Å². The van der Waals surface area contributed by atoms with Gasteiger partial charge in [0.25, 0.3) is 5.91 Å². The molecule has 1 unspecified atom stereocenters. The second-order valence-corrected chi connectivity index (χ2v) is 6.87. The van der Waals surface area contributed by atoms with E-state index in [2.05, 4.69) is 33.4 Å². The Kier molecular flexibility index (Phi) is 7.67. The van der Waals surface area contributed by atoms with Gasteiger partial charge in [0.15, 0.2) is 6.61 Å². The molecule has 1 N–H and O–H groups in total. The van der Waals surface area contributed by atoms with Crippen molar-refractivity contribution in [3.63, 3.8) is 0 Å². The summed E-state index contributed by atoms with van der Waals surface area (Å²) in [4.78, 5) is 23.7. The van der Waals surface area contributed by atoms with Crippen LogP contribution in [0.15, 0.2) is 59.1 Å². The van der Waals surface area contributed by atoms with Crippen molar-refractivity contribution in [3.8, 4) is 0 Å². The second-order valence-electron chi connectivity index (χ2n) is 5.96. The zero-order valence-corrected chi connectivity index (χ0v) is 15.8. The van der Waals surface area contributed by atoms with Crippen molar-refractivity contribution in [2.24, 2.45) is 0 Å². The molecule has 1 amide bonds. The molecule has 0 saturated carbocycles. The Hall–Kier alpha value is -2.14. The smallest absolute Gasteiger partial charge is 0.310 e. The van der Waals surface area contributed by atoms with Crippen LogP contribution in [0.5, 0.6) is 0 Å². The summed E-state index contributed by atoms with van der Waals surface area (Å²) in [6, 6.07) is 17.6. The molecule has 132 valence electrons. The van der Waals surface area contributed by atoms with Crippen molar-refractivity contribution in [2.75, 3.05) is 6.61 Å². The van der Waals surface area contributed by atoms with Crippen LogP contribution in [0.4, 0.5) is 0 Å². The van der Waals surface area contributed by atoms with Gasteiger partial charge in [-0.25, -0.2) is 0 Å². The standard InChI is InChI=1S/C20H22BrNO3/c1-15(7-8-16-5-3-2-4-6-16)22-19(23)14-25-20(24)13-17-9-11-18(21)12-10-17/h2-6,9-12,15H,7-8,13-14H2,1H3,(H,22,23). The van der Waals surface area contributed by atoms with E-state index in [0.717, 1.165) is 22.9 Å². The number of nitrogens with one attached hydrogen (secondary N) is 1. The molecule has 0 aliphatic carbocycles. The monoisotopic (exact) mass is 403 g/mol. The normalized spacial score (nSPS) is 11.6. The number of hydrogen-bond donors (Lipinski definition) is 1. The number of benzene rings is 2. The fraction of sp³-hybridized carbons (Fsp3) is 0.300. The second kappa shape index (κ2) is 9.99. The van der Waals surface area contributed by atoms with E-state index in [0.29, 0.717) is 0 Å². The van der Waals surface area contributed by atoms with Crippen molar-refractivity contribution < 1.29 is 14.3 Å². The lowest BCUT2D eigenvalue weighted by Crippen LogP contribution is -2.36. The molecule has 0 fully saturated rings. The third kappa shape index (κ3) is 7.52. The summed E-state index contributed by atoms with van der Waals surface area (Å²) >= 11 is 3.34.